The summed E-state index contributed by atoms with van der Waals surface area (Å²) in [7, 11) is 0. The summed E-state index contributed by atoms with van der Waals surface area (Å²) < 4.78 is 37.3. The van der Waals surface area contributed by atoms with Crippen molar-refractivity contribution in [2.24, 2.45) is 0 Å². The Morgan fingerprint density at radius 2 is 1.43 bits per heavy atom. The molecule has 0 heterocycles. The molecule has 1 nitrogen and oxygen atoms in total. The molecule has 112 valence electrons. The molecule has 0 aliphatic heterocycles. The Kier molecular flexibility index (Phi) is 4.91. The highest BCUT2D eigenvalue weighted by molar-refractivity contribution is 6.44. The van der Waals surface area contributed by atoms with Crippen molar-refractivity contribution in [2.75, 3.05) is 5.32 Å². The number of anilines is 1. The van der Waals surface area contributed by atoms with Gasteiger partial charge in [-0.3, -0.25) is 0 Å². The van der Waals surface area contributed by atoms with Gasteiger partial charge in [-0.2, -0.15) is 13.2 Å². The van der Waals surface area contributed by atoms with Crippen LogP contribution in [-0.2, 0) is 12.7 Å². The van der Waals surface area contributed by atoms with Crippen molar-refractivity contribution in [3.05, 3.63) is 62.6 Å². The molecular weight excluding hydrogens is 346 g/mol. The molecule has 0 aliphatic rings. The Hall–Kier alpha value is -1.10. The zero-order valence-corrected chi connectivity index (χ0v) is 12.7. The third kappa shape index (κ3) is 4.19. The van der Waals surface area contributed by atoms with E-state index in [-0.39, 0.29) is 0 Å². The van der Waals surface area contributed by atoms with Gasteiger partial charge in [-0.05, 0) is 29.8 Å². The van der Waals surface area contributed by atoms with E-state index in [2.05, 4.69) is 5.32 Å². The summed E-state index contributed by atoms with van der Waals surface area (Å²) in [4.78, 5) is 0. The lowest BCUT2D eigenvalue weighted by Crippen LogP contribution is -2.05. The Morgan fingerprint density at radius 3 is 2.00 bits per heavy atom. The van der Waals surface area contributed by atoms with Crippen molar-refractivity contribution in [1.29, 1.82) is 0 Å². The molecule has 0 aliphatic carbocycles. The van der Waals surface area contributed by atoms with Gasteiger partial charge in [0, 0.05) is 6.54 Å². The quantitative estimate of drug-likeness (QED) is 0.640. The van der Waals surface area contributed by atoms with Crippen LogP contribution < -0.4 is 5.32 Å². The zero-order valence-electron chi connectivity index (χ0n) is 10.4. The minimum absolute atomic E-state index is 0.315. The minimum atomic E-state index is -4.33. The summed E-state index contributed by atoms with van der Waals surface area (Å²) in [5, 5.41) is 4.06. The maximum absolute atomic E-state index is 12.4. The van der Waals surface area contributed by atoms with Crippen molar-refractivity contribution < 1.29 is 13.2 Å². The highest BCUT2D eigenvalue weighted by Gasteiger charge is 2.29. The lowest BCUT2D eigenvalue weighted by atomic mass is 10.1. The molecule has 21 heavy (non-hydrogen) atoms. The largest absolute Gasteiger partial charge is 0.416 e. The zero-order chi connectivity index (χ0) is 15.6. The fourth-order valence-corrected chi connectivity index (χ4v) is 2.28. The third-order valence-electron chi connectivity index (χ3n) is 2.77. The lowest BCUT2D eigenvalue weighted by Gasteiger charge is -2.11. The van der Waals surface area contributed by atoms with Crippen molar-refractivity contribution in [1.82, 2.24) is 0 Å². The molecule has 1 N–H and O–H groups in total. The number of hydrogen-bond donors (Lipinski definition) is 1. The van der Waals surface area contributed by atoms with Crippen molar-refractivity contribution >= 4 is 40.5 Å². The van der Waals surface area contributed by atoms with Crippen LogP contribution in [0.3, 0.4) is 0 Å². The van der Waals surface area contributed by atoms with E-state index in [0.29, 0.717) is 32.9 Å². The maximum atomic E-state index is 12.4. The maximum Gasteiger partial charge on any atom is 0.416 e. The highest BCUT2D eigenvalue weighted by atomic mass is 35.5. The Morgan fingerprint density at radius 1 is 0.857 bits per heavy atom. The van der Waals surface area contributed by atoms with E-state index in [0.717, 1.165) is 12.1 Å². The van der Waals surface area contributed by atoms with E-state index >= 15 is 0 Å². The summed E-state index contributed by atoms with van der Waals surface area (Å²) in [6.45, 7) is 0.315. The standard InChI is InChI=1S/C14H9Cl3F3N/c15-10-5-12(17)13(6-11(10)16)21-7-8-1-3-9(4-2-8)14(18,19)20/h1-6,21H,7H2. The molecule has 0 spiro atoms. The lowest BCUT2D eigenvalue weighted by molar-refractivity contribution is -0.137. The molecule has 0 radical (unpaired) electrons. The van der Waals surface area contributed by atoms with Crippen LogP contribution in [0.1, 0.15) is 11.1 Å². The van der Waals surface area contributed by atoms with Crippen LogP contribution in [0.15, 0.2) is 36.4 Å². The summed E-state index contributed by atoms with van der Waals surface area (Å²) in [6, 6.07) is 7.94. The molecule has 0 atom stereocenters. The summed E-state index contributed by atoms with van der Waals surface area (Å²) in [6.07, 6.45) is -4.33. The van der Waals surface area contributed by atoms with Gasteiger partial charge in [-0.15, -0.1) is 0 Å². The first-order chi connectivity index (χ1) is 9.77. The van der Waals surface area contributed by atoms with Crippen LogP contribution in [0.5, 0.6) is 0 Å². The van der Waals surface area contributed by atoms with Gasteiger partial charge in [0.15, 0.2) is 0 Å². The minimum Gasteiger partial charge on any atom is -0.380 e. The Balaban J connectivity index is 2.08. The SMILES string of the molecule is FC(F)(F)c1ccc(CNc2cc(Cl)c(Cl)cc2Cl)cc1. The number of hydrogen-bond acceptors (Lipinski definition) is 1. The molecule has 0 aromatic heterocycles. The van der Waals surface area contributed by atoms with Gasteiger partial charge in [-0.1, -0.05) is 46.9 Å². The van der Waals surface area contributed by atoms with Crippen LogP contribution in [0.4, 0.5) is 18.9 Å². The van der Waals surface area contributed by atoms with E-state index in [1.54, 1.807) is 6.07 Å². The monoisotopic (exact) mass is 353 g/mol. The second-order valence-electron chi connectivity index (χ2n) is 4.29. The predicted molar refractivity (Wildman–Crippen MR) is 80.2 cm³/mol. The van der Waals surface area contributed by atoms with Gasteiger partial charge in [0.25, 0.3) is 0 Å². The molecule has 2 aromatic rings. The normalized spacial score (nSPS) is 11.5. The average molecular weight is 355 g/mol. The summed E-state index contributed by atoms with van der Waals surface area (Å²) in [5.41, 5.74) is 0.565. The van der Waals surface area contributed by atoms with Crippen molar-refractivity contribution in [3.8, 4) is 0 Å². The number of rotatable bonds is 3. The van der Waals surface area contributed by atoms with Gasteiger partial charge in [0.2, 0.25) is 0 Å². The van der Waals surface area contributed by atoms with Gasteiger partial charge in [0.05, 0.1) is 26.3 Å². The smallest absolute Gasteiger partial charge is 0.380 e. The molecule has 0 fully saturated rings. The molecule has 0 amide bonds. The number of benzene rings is 2. The first-order valence-electron chi connectivity index (χ1n) is 5.82. The molecule has 0 saturated heterocycles. The van der Waals surface area contributed by atoms with E-state index in [1.165, 1.54) is 18.2 Å². The third-order valence-corrected chi connectivity index (χ3v) is 3.81. The molecule has 0 saturated carbocycles. The number of nitrogens with one attached hydrogen (secondary N) is 1. The van der Waals surface area contributed by atoms with Crippen LogP contribution in [0.25, 0.3) is 0 Å². The molecule has 2 aromatic carbocycles. The fraction of sp³-hybridized carbons (Fsp3) is 0.143. The van der Waals surface area contributed by atoms with Crippen molar-refractivity contribution in [2.45, 2.75) is 12.7 Å². The van der Waals surface area contributed by atoms with Gasteiger partial charge in [0.1, 0.15) is 0 Å². The topological polar surface area (TPSA) is 12.0 Å². The van der Waals surface area contributed by atoms with Gasteiger partial charge >= 0.3 is 6.18 Å². The Bertz CT molecular complexity index is 639. The second-order valence-corrected chi connectivity index (χ2v) is 5.52. The van der Waals surface area contributed by atoms with Crippen molar-refractivity contribution in [3.63, 3.8) is 0 Å². The summed E-state index contributed by atoms with van der Waals surface area (Å²) in [5.74, 6) is 0. The number of alkyl halides is 3. The molecule has 0 bridgehead atoms. The molecule has 0 unspecified atom stereocenters. The van der Waals surface area contributed by atoms with E-state index in [9.17, 15) is 13.2 Å². The van der Waals surface area contributed by atoms with Crippen LogP contribution in [0.2, 0.25) is 15.1 Å². The van der Waals surface area contributed by atoms with Crippen LogP contribution >= 0.6 is 34.8 Å². The number of halogens is 6. The highest BCUT2D eigenvalue weighted by Crippen LogP contribution is 2.33. The van der Waals surface area contributed by atoms with Gasteiger partial charge in [-0.25, -0.2) is 0 Å². The van der Waals surface area contributed by atoms with Crippen LogP contribution in [0, 0.1) is 0 Å². The van der Waals surface area contributed by atoms with E-state index < -0.39 is 11.7 Å². The predicted octanol–water partition coefficient (Wildman–Crippen LogP) is 6.28. The Labute approximate surface area is 134 Å². The fourth-order valence-electron chi connectivity index (χ4n) is 1.67. The summed E-state index contributed by atoms with van der Waals surface area (Å²) >= 11 is 17.7. The van der Waals surface area contributed by atoms with E-state index in [4.69, 9.17) is 34.8 Å². The first-order valence-corrected chi connectivity index (χ1v) is 6.95. The van der Waals surface area contributed by atoms with Crippen LogP contribution in [-0.4, -0.2) is 0 Å². The average Bonchev–Trinajstić information content (AvgIpc) is 2.41. The molecular formula is C14H9Cl3F3N. The van der Waals surface area contributed by atoms with Gasteiger partial charge < -0.3 is 5.32 Å². The molecule has 7 heteroatoms. The molecule has 2 rings (SSSR count). The first kappa shape index (κ1) is 16.3. The van der Waals surface area contributed by atoms with E-state index in [1.807, 2.05) is 0 Å². The second kappa shape index (κ2) is 6.34.